The highest BCUT2D eigenvalue weighted by molar-refractivity contribution is 5.95. The van der Waals surface area contributed by atoms with Crippen LogP contribution in [0.2, 0.25) is 0 Å². The zero-order valence-corrected chi connectivity index (χ0v) is 29.5. The number of hydrogen-bond donors (Lipinski definition) is 5. The van der Waals surface area contributed by atoms with Crippen molar-refractivity contribution in [1.82, 2.24) is 30.7 Å². The van der Waals surface area contributed by atoms with Crippen molar-refractivity contribution in [2.75, 3.05) is 52.4 Å². The Balaban J connectivity index is 1.49. The van der Waals surface area contributed by atoms with Gasteiger partial charge in [-0.2, -0.15) is 0 Å². The molecule has 2 aliphatic heterocycles. The van der Waals surface area contributed by atoms with Crippen LogP contribution in [0.5, 0.6) is 0 Å². The van der Waals surface area contributed by atoms with Crippen LogP contribution >= 0.6 is 0 Å². The van der Waals surface area contributed by atoms with E-state index in [4.69, 9.17) is 10.5 Å². The Hall–Kier alpha value is -5.00. The lowest BCUT2D eigenvalue weighted by Gasteiger charge is -2.36. The Morgan fingerprint density at radius 2 is 1.71 bits per heavy atom. The fourth-order valence-corrected chi connectivity index (χ4v) is 5.78. The molecule has 0 aliphatic carbocycles. The zero-order chi connectivity index (χ0) is 37.6. The average molecular weight is 718 g/mol. The number of nitrogens with zero attached hydrogens (tertiary/aromatic N) is 5. The maximum atomic E-state index is 13.1. The van der Waals surface area contributed by atoms with E-state index in [1.807, 2.05) is 51.1 Å². The molecule has 0 spiro atoms. The summed E-state index contributed by atoms with van der Waals surface area (Å²) in [5.41, 5.74) is 5.85. The standard InChI is InChI=1S/C33H51N9O9/c1-33(2,3)51-32(48)39-17-12-24(13-18-39)14-19-40-21-28(45)41(22-27(40)44)20-26(43)37-25(10-7-15-36-31(34)38-42(49)50)29(46)30(47)35-16-11-23-8-5-4-6-9-23/h4-6,8-9,24-25,29,46H,7,10-22H2,1-3H3,(H,35,47)(H,37,43)(H3,34,36,38)/t25-,29?/m0/s1. The number of piperidine rings is 1. The lowest BCUT2D eigenvalue weighted by molar-refractivity contribution is -0.485. The first kappa shape index (κ1) is 40.4. The van der Waals surface area contributed by atoms with Crippen molar-refractivity contribution in [3.8, 4) is 0 Å². The number of piperazine rings is 1. The smallest absolute Gasteiger partial charge is 0.410 e. The molecule has 2 aliphatic rings. The van der Waals surface area contributed by atoms with Gasteiger partial charge in [-0.25, -0.2) is 14.9 Å². The second-order valence-electron chi connectivity index (χ2n) is 13.7. The first-order chi connectivity index (χ1) is 24.1. The molecule has 2 atom stereocenters. The number of carbonyl (C=O) groups is 5. The van der Waals surface area contributed by atoms with E-state index in [0.717, 1.165) is 23.3 Å². The van der Waals surface area contributed by atoms with E-state index < -0.39 is 53.0 Å². The number of nitrogens with one attached hydrogen (secondary N) is 3. The molecule has 6 N–H and O–H groups in total. The summed E-state index contributed by atoms with van der Waals surface area (Å²) in [6, 6.07) is 8.33. The first-order valence-corrected chi connectivity index (χ1v) is 17.2. The number of hydrazone groups is 1. The number of guanidine groups is 1. The molecule has 2 saturated heterocycles. The number of amides is 5. The minimum absolute atomic E-state index is 0.0646. The van der Waals surface area contributed by atoms with Gasteiger partial charge in [-0.1, -0.05) is 30.3 Å². The van der Waals surface area contributed by atoms with Crippen LogP contribution in [0.15, 0.2) is 35.4 Å². The van der Waals surface area contributed by atoms with Gasteiger partial charge < -0.3 is 46.2 Å². The highest BCUT2D eigenvalue weighted by Crippen LogP contribution is 2.23. The third-order valence-electron chi connectivity index (χ3n) is 8.50. The molecular weight excluding hydrogens is 666 g/mol. The predicted octanol–water partition coefficient (Wildman–Crippen LogP) is -0.225. The first-order valence-electron chi connectivity index (χ1n) is 17.2. The van der Waals surface area contributed by atoms with Crippen LogP contribution in [0.25, 0.3) is 0 Å². The van der Waals surface area contributed by atoms with Crippen LogP contribution in [0, 0.1) is 16.0 Å². The largest absolute Gasteiger partial charge is 0.444 e. The van der Waals surface area contributed by atoms with Crippen molar-refractivity contribution in [3.63, 3.8) is 0 Å². The number of nitro groups is 1. The third kappa shape index (κ3) is 14.4. The summed E-state index contributed by atoms with van der Waals surface area (Å²) in [5, 5.41) is 31.2. The highest BCUT2D eigenvalue weighted by Gasteiger charge is 2.34. The Kier molecular flexibility index (Phi) is 15.4. The molecule has 1 aromatic carbocycles. The van der Waals surface area contributed by atoms with Crippen molar-refractivity contribution in [2.24, 2.45) is 16.8 Å². The molecule has 18 heteroatoms. The van der Waals surface area contributed by atoms with Gasteiger partial charge in [0.2, 0.25) is 17.7 Å². The van der Waals surface area contributed by atoms with Gasteiger partial charge >= 0.3 is 6.09 Å². The lowest BCUT2D eigenvalue weighted by Crippen LogP contribution is -2.58. The van der Waals surface area contributed by atoms with E-state index in [1.54, 1.807) is 4.90 Å². The van der Waals surface area contributed by atoms with Gasteiger partial charge in [-0.05, 0) is 70.8 Å². The van der Waals surface area contributed by atoms with Crippen LogP contribution < -0.4 is 21.7 Å². The third-order valence-corrected chi connectivity index (χ3v) is 8.50. The summed E-state index contributed by atoms with van der Waals surface area (Å²) in [7, 11) is 0. The highest BCUT2D eigenvalue weighted by atomic mass is 16.7. The molecule has 1 unspecified atom stereocenters. The fourth-order valence-electron chi connectivity index (χ4n) is 5.78. The van der Waals surface area contributed by atoms with E-state index in [9.17, 15) is 39.2 Å². The number of aliphatic hydroxyl groups excluding tert-OH is 1. The molecule has 18 nitrogen and oxygen atoms in total. The minimum Gasteiger partial charge on any atom is -0.444 e. The van der Waals surface area contributed by atoms with Gasteiger partial charge in [0.15, 0.2) is 11.1 Å². The number of nitrogens with two attached hydrogens (primary N) is 1. The summed E-state index contributed by atoms with van der Waals surface area (Å²) < 4.78 is 5.45. The van der Waals surface area contributed by atoms with E-state index in [0.29, 0.717) is 32.5 Å². The summed E-state index contributed by atoms with van der Waals surface area (Å²) in [6.45, 7) is 6.34. The number of rotatable bonds is 16. The molecule has 2 heterocycles. The lowest BCUT2D eigenvalue weighted by atomic mass is 9.93. The van der Waals surface area contributed by atoms with Gasteiger partial charge in [-0.15, -0.1) is 0 Å². The molecule has 0 radical (unpaired) electrons. The van der Waals surface area contributed by atoms with Crippen molar-refractivity contribution in [3.05, 3.63) is 46.0 Å². The fraction of sp³-hybridized carbons (Fsp3) is 0.636. The summed E-state index contributed by atoms with van der Waals surface area (Å²) in [6.07, 6.45) is 1.01. The van der Waals surface area contributed by atoms with Gasteiger partial charge in [0.1, 0.15) is 23.8 Å². The van der Waals surface area contributed by atoms with Gasteiger partial charge in [0.25, 0.3) is 11.9 Å². The summed E-state index contributed by atoms with van der Waals surface area (Å²) in [5.74, 6) is -2.25. The molecule has 282 valence electrons. The summed E-state index contributed by atoms with van der Waals surface area (Å²) >= 11 is 0. The van der Waals surface area contributed by atoms with Crippen LogP contribution in [0.3, 0.4) is 0 Å². The van der Waals surface area contributed by atoms with E-state index in [1.165, 1.54) is 4.90 Å². The SMILES string of the molecule is CC(C)(C)OC(=O)N1CCC(CCN2CC(=O)N(CC(=O)N[C@@H](CCCN/C(N)=N/[N+](=O)[O-])C(O)C(=O)NCCc3ccccc3)CC2=O)CC1. The minimum atomic E-state index is -1.65. The number of ether oxygens (including phenoxy) is 1. The maximum Gasteiger partial charge on any atom is 0.410 e. The molecule has 0 bridgehead atoms. The van der Waals surface area contributed by atoms with E-state index in [-0.39, 0.29) is 56.9 Å². The molecular formula is C33H51N9O9. The molecule has 3 rings (SSSR count). The van der Waals surface area contributed by atoms with Crippen molar-refractivity contribution >= 4 is 35.7 Å². The molecule has 5 amide bonds. The van der Waals surface area contributed by atoms with Crippen molar-refractivity contribution in [2.45, 2.75) is 77.0 Å². The Labute approximate surface area is 297 Å². The second kappa shape index (κ2) is 19.4. The molecule has 2 fully saturated rings. The van der Waals surface area contributed by atoms with Crippen LogP contribution in [0.4, 0.5) is 4.79 Å². The Bertz CT molecular complexity index is 1400. The zero-order valence-electron chi connectivity index (χ0n) is 29.5. The van der Waals surface area contributed by atoms with Crippen molar-refractivity contribution in [1.29, 1.82) is 0 Å². The number of carbonyl (C=O) groups excluding carboxylic acids is 5. The normalized spacial score (nSPS) is 17.1. The van der Waals surface area contributed by atoms with Crippen molar-refractivity contribution < 1.29 is 38.8 Å². The van der Waals surface area contributed by atoms with Crippen LogP contribution in [0.1, 0.15) is 58.4 Å². The predicted molar refractivity (Wildman–Crippen MR) is 185 cm³/mol. The second-order valence-corrected chi connectivity index (χ2v) is 13.7. The Morgan fingerprint density at radius 1 is 1.06 bits per heavy atom. The molecule has 1 aromatic rings. The van der Waals surface area contributed by atoms with Gasteiger partial charge in [-0.3, -0.25) is 19.2 Å². The van der Waals surface area contributed by atoms with E-state index >= 15 is 0 Å². The number of aliphatic hydroxyl groups is 1. The average Bonchev–Trinajstić information content (AvgIpc) is 3.06. The Morgan fingerprint density at radius 3 is 2.35 bits per heavy atom. The number of hydrogen-bond acceptors (Lipinski definition) is 9. The molecule has 0 saturated carbocycles. The number of likely N-dealkylation sites (tertiary alicyclic amines) is 1. The topological polar surface area (TPSA) is 242 Å². The molecule has 51 heavy (non-hydrogen) atoms. The van der Waals surface area contributed by atoms with Gasteiger partial charge in [0.05, 0.1) is 12.6 Å². The summed E-state index contributed by atoms with van der Waals surface area (Å²) in [4.78, 5) is 79.0. The molecule has 0 aromatic heterocycles. The quantitative estimate of drug-likeness (QED) is 0.0492. The van der Waals surface area contributed by atoms with Gasteiger partial charge in [0, 0.05) is 32.7 Å². The van der Waals surface area contributed by atoms with Crippen LogP contribution in [-0.2, 0) is 30.3 Å². The van der Waals surface area contributed by atoms with E-state index in [2.05, 4.69) is 21.1 Å². The number of benzene rings is 1. The maximum absolute atomic E-state index is 13.1. The van der Waals surface area contributed by atoms with Crippen LogP contribution in [-0.4, -0.2) is 131 Å². The monoisotopic (exact) mass is 717 g/mol.